The second-order valence-electron chi connectivity index (χ2n) is 6.85. The van der Waals surface area contributed by atoms with Crippen molar-refractivity contribution < 1.29 is 18.7 Å². The Balaban J connectivity index is 1.60. The molecule has 0 atom stereocenters. The maximum Gasteiger partial charge on any atom is 0.291 e. The molecule has 0 aliphatic carbocycles. The van der Waals surface area contributed by atoms with Gasteiger partial charge in [0.1, 0.15) is 12.4 Å². The lowest BCUT2D eigenvalue weighted by atomic mass is 10.1. The van der Waals surface area contributed by atoms with Gasteiger partial charge in [0.2, 0.25) is 0 Å². The standard InChI is InChI=1S/C23H24N2O4/c1-16-6-10-19(11-7-16)28-14-12-25(3)23(27)18-9-8-17(2)20(15-18)24-22(26)21-5-4-13-29-21/h4-11,13,15H,12,14H2,1-3H3,(H,24,26). The van der Waals surface area contributed by atoms with Crippen LogP contribution in [0.5, 0.6) is 5.75 Å². The molecule has 29 heavy (non-hydrogen) atoms. The van der Waals surface area contributed by atoms with Crippen LogP contribution in [0.15, 0.2) is 65.3 Å². The van der Waals surface area contributed by atoms with Crippen LogP contribution in [0.1, 0.15) is 32.0 Å². The number of hydrogen-bond acceptors (Lipinski definition) is 4. The van der Waals surface area contributed by atoms with Crippen molar-refractivity contribution in [1.29, 1.82) is 0 Å². The first-order valence-electron chi connectivity index (χ1n) is 9.34. The molecule has 0 bridgehead atoms. The van der Waals surface area contributed by atoms with E-state index in [1.54, 1.807) is 36.2 Å². The molecule has 0 aliphatic heterocycles. The maximum atomic E-state index is 12.7. The lowest BCUT2D eigenvalue weighted by Crippen LogP contribution is -2.31. The van der Waals surface area contributed by atoms with Crippen molar-refractivity contribution in [3.63, 3.8) is 0 Å². The fourth-order valence-corrected chi connectivity index (χ4v) is 2.74. The van der Waals surface area contributed by atoms with E-state index in [4.69, 9.17) is 9.15 Å². The Morgan fingerprint density at radius 2 is 1.83 bits per heavy atom. The van der Waals surface area contributed by atoms with Gasteiger partial charge >= 0.3 is 0 Å². The van der Waals surface area contributed by atoms with E-state index in [2.05, 4.69) is 5.32 Å². The zero-order chi connectivity index (χ0) is 20.8. The number of nitrogens with one attached hydrogen (secondary N) is 1. The van der Waals surface area contributed by atoms with Crippen LogP contribution in [0.3, 0.4) is 0 Å². The summed E-state index contributed by atoms with van der Waals surface area (Å²) < 4.78 is 10.8. The van der Waals surface area contributed by atoms with Crippen LogP contribution in [0.2, 0.25) is 0 Å². The highest BCUT2D eigenvalue weighted by molar-refractivity contribution is 6.03. The van der Waals surface area contributed by atoms with Crippen LogP contribution in [0, 0.1) is 13.8 Å². The molecule has 3 rings (SSSR count). The van der Waals surface area contributed by atoms with Crippen molar-refractivity contribution >= 4 is 17.5 Å². The molecule has 1 heterocycles. The second-order valence-corrected chi connectivity index (χ2v) is 6.85. The van der Waals surface area contributed by atoms with Crippen LogP contribution >= 0.6 is 0 Å². The predicted octanol–water partition coefficient (Wildman–Crippen LogP) is 4.30. The number of amides is 2. The second kappa shape index (κ2) is 9.10. The molecule has 6 nitrogen and oxygen atoms in total. The molecule has 0 radical (unpaired) electrons. The average molecular weight is 392 g/mol. The SMILES string of the molecule is Cc1ccc(OCCN(C)C(=O)c2ccc(C)c(NC(=O)c3ccco3)c2)cc1. The third kappa shape index (κ3) is 5.25. The van der Waals surface area contributed by atoms with Gasteiger partial charge in [0, 0.05) is 18.3 Å². The van der Waals surface area contributed by atoms with Crippen LogP contribution in [-0.4, -0.2) is 36.9 Å². The third-order valence-corrected chi connectivity index (χ3v) is 4.54. The fraction of sp³-hybridized carbons (Fsp3) is 0.217. The topological polar surface area (TPSA) is 71.8 Å². The zero-order valence-corrected chi connectivity index (χ0v) is 16.8. The fourth-order valence-electron chi connectivity index (χ4n) is 2.74. The van der Waals surface area contributed by atoms with Gasteiger partial charge in [0.15, 0.2) is 5.76 Å². The summed E-state index contributed by atoms with van der Waals surface area (Å²) >= 11 is 0. The minimum atomic E-state index is -0.359. The average Bonchev–Trinajstić information content (AvgIpc) is 3.25. The minimum Gasteiger partial charge on any atom is -0.492 e. The number of furan rings is 1. The molecule has 1 aromatic heterocycles. The van der Waals surface area contributed by atoms with E-state index in [1.165, 1.54) is 11.8 Å². The first-order chi connectivity index (χ1) is 13.9. The van der Waals surface area contributed by atoms with Crippen LogP contribution in [-0.2, 0) is 0 Å². The quantitative estimate of drug-likeness (QED) is 0.651. The van der Waals surface area contributed by atoms with Crippen LogP contribution < -0.4 is 10.1 Å². The molecule has 0 saturated carbocycles. The number of ether oxygens (including phenoxy) is 1. The zero-order valence-electron chi connectivity index (χ0n) is 16.8. The van der Waals surface area contributed by atoms with E-state index in [0.29, 0.717) is 24.4 Å². The summed E-state index contributed by atoms with van der Waals surface area (Å²) in [4.78, 5) is 26.6. The Morgan fingerprint density at radius 1 is 1.07 bits per heavy atom. The number of anilines is 1. The Hall–Kier alpha value is -3.54. The molecule has 3 aromatic rings. The van der Waals surface area contributed by atoms with Crippen molar-refractivity contribution in [3.05, 3.63) is 83.3 Å². The van der Waals surface area contributed by atoms with Crippen molar-refractivity contribution in [2.24, 2.45) is 0 Å². The van der Waals surface area contributed by atoms with Gasteiger partial charge in [-0.15, -0.1) is 0 Å². The number of rotatable bonds is 7. The summed E-state index contributed by atoms with van der Waals surface area (Å²) in [6.07, 6.45) is 1.44. The Labute approximate surface area is 170 Å². The van der Waals surface area contributed by atoms with Crippen molar-refractivity contribution in [3.8, 4) is 5.75 Å². The third-order valence-electron chi connectivity index (χ3n) is 4.54. The van der Waals surface area contributed by atoms with Gasteiger partial charge in [-0.3, -0.25) is 9.59 Å². The Kier molecular flexibility index (Phi) is 6.34. The van der Waals surface area contributed by atoms with Crippen molar-refractivity contribution in [2.45, 2.75) is 13.8 Å². The van der Waals surface area contributed by atoms with Gasteiger partial charge in [-0.2, -0.15) is 0 Å². The number of aryl methyl sites for hydroxylation is 2. The molecule has 0 aliphatic rings. The molecule has 0 unspecified atom stereocenters. The van der Waals surface area contributed by atoms with E-state index >= 15 is 0 Å². The van der Waals surface area contributed by atoms with Gasteiger partial charge in [0.25, 0.3) is 11.8 Å². The summed E-state index contributed by atoms with van der Waals surface area (Å²) in [5.74, 6) is 0.481. The molecular weight excluding hydrogens is 368 g/mol. The van der Waals surface area contributed by atoms with Gasteiger partial charge < -0.3 is 19.4 Å². The number of carbonyl (C=O) groups is 2. The number of benzene rings is 2. The van der Waals surface area contributed by atoms with Crippen LogP contribution in [0.25, 0.3) is 0 Å². The van der Waals surface area contributed by atoms with Crippen molar-refractivity contribution in [2.75, 3.05) is 25.5 Å². The van der Waals surface area contributed by atoms with E-state index in [9.17, 15) is 9.59 Å². The molecule has 0 spiro atoms. The summed E-state index contributed by atoms with van der Waals surface area (Å²) in [5, 5.41) is 2.79. The molecule has 6 heteroatoms. The first-order valence-corrected chi connectivity index (χ1v) is 9.34. The van der Waals surface area contributed by atoms with E-state index in [-0.39, 0.29) is 17.6 Å². The lowest BCUT2D eigenvalue weighted by Gasteiger charge is -2.18. The number of carbonyl (C=O) groups excluding carboxylic acids is 2. The molecular formula is C23H24N2O4. The molecule has 2 amide bonds. The highest BCUT2D eigenvalue weighted by Crippen LogP contribution is 2.19. The Morgan fingerprint density at radius 3 is 2.52 bits per heavy atom. The van der Waals surface area contributed by atoms with E-state index in [1.807, 2.05) is 44.2 Å². The van der Waals surface area contributed by atoms with Gasteiger partial charge in [-0.25, -0.2) is 0 Å². The first kappa shape index (κ1) is 20.2. The monoisotopic (exact) mass is 392 g/mol. The molecule has 1 N–H and O–H groups in total. The minimum absolute atomic E-state index is 0.147. The highest BCUT2D eigenvalue weighted by atomic mass is 16.5. The largest absolute Gasteiger partial charge is 0.492 e. The number of hydrogen-bond donors (Lipinski definition) is 1. The maximum absolute atomic E-state index is 12.7. The van der Waals surface area contributed by atoms with Gasteiger partial charge in [0.05, 0.1) is 12.8 Å². The molecule has 0 saturated heterocycles. The summed E-state index contributed by atoms with van der Waals surface area (Å²) in [7, 11) is 1.72. The van der Waals surface area contributed by atoms with E-state index < -0.39 is 0 Å². The van der Waals surface area contributed by atoms with Gasteiger partial charge in [-0.1, -0.05) is 23.8 Å². The summed E-state index contributed by atoms with van der Waals surface area (Å²) in [5.41, 5.74) is 3.08. The molecule has 0 fully saturated rings. The smallest absolute Gasteiger partial charge is 0.291 e. The number of likely N-dealkylation sites (N-methyl/N-ethyl adjacent to an activating group) is 1. The highest BCUT2D eigenvalue weighted by Gasteiger charge is 2.15. The van der Waals surface area contributed by atoms with E-state index in [0.717, 1.165) is 11.3 Å². The summed E-state index contributed by atoms with van der Waals surface area (Å²) in [6.45, 7) is 4.71. The van der Waals surface area contributed by atoms with Gasteiger partial charge in [-0.05, 0) is 55.8 Å². The Bertz CT molecular complexity index is 979. The van der Waals surface area contributed by atoms with Crippen LogP contribution in [0.4, 0.5) is 5.69 Å². The lowest BCUT2D eigenvalue weighted by molar-refractivity contribution is 0.0773. The normalized spacial score (nSPS) is 10.4. The van der Waals surface area contributed by atoms with Crippen molar-refractivity contribution in [1.82, 2.24) is 4.90 Å². The molecule has 150 valence electrons. The molecule has 2 aromatic carbocycles. The summed E-state index contributed by atoms with van der Waals surface area (Å²) in [6, 6.07) is 16.2. The predicted molar refractivity (Wildman–Crippen MR) is 111 cm³/mol. The number of nitrogens with zero attached hydrogens (tertiary/aromatic N) is 1.